The van der Waals surface area contributed by atoms with Crippen LogP contribution in [0.2, 0.25) is 0 Å². The first-order chi connectivity index (χ1) is 13.9. The summed E-state index contributed by atoms with van der Waals surface area (Å²) < 4.78 is 33.4. The zero-order chi connectivity index (χ0) is 21.0. The lowest BCUT2D eigenvalue weighted by Gasteiger charge is -2.34. The smallest absolute Gasteiger partial charge is 0.257 e. The van der Waals surface area contributed by atoms with Crippen LogP contribution >= 0.6 is 0 Å². The molecule has 1 fully saturated rings. The van der Waals surface area contributed by atoms with Gasteiger partial charge in [-0.15, -0.1) is 0 Å². The number of amides is 1. The largest absolute Gasteiger partial charge is 0.497 e. The Bertz CT molecular complexity index is 936. The summed E-state index contributed by atoms with van der Waals surface area (Å²) in [4.78, 5) is 14.8. The molecular weight excluding hydrogens is 392 g/mol. The van der Waals surface area contributed by atoms with Crippen LogP contribution in [0.5, 0.6) is 5.75 Å². The van der Waals surface area contributed by atoms with Gasteiger partial charge in [0.1, 0.15) is 5.75 Å². The number of H-pyrrole nitrogens is 1. The normalized spacial score (nSPS) is 17.8. The Hall–Kier alpha value is -2.39. The number of nitrogens with zero attached hydrogens (tertiary/aromatic N) is 3. The van der Waals surface area contributed by atoms with Gasteiger partial charge in [0.2, 0.25) is 10.0 Å². The van der Waals surface area contributed by atoms with Crippen molar-refractivity contribution in [3.63, 3.8) is 0 Å². The standard InChI is InChI=1S/C20H28N4O4S/c1-4-23(5-2)20(25)17-14-21-22-19(17)18-8-6-7-13-24(18)29(26,27)16-11-9-15(28-3)10-12-16/h9-12,14,18H,4-8,13H2,1-3H3,(H,21,22). The van der Waals surface area contributed by atoms with E-state index in [1.807, 2.05) is 13.8 Å². The van der Waals surface area contributed by atoms with E-state index in [1.165, 1.54) is 17.6 Å². The van der Waals surface area contributed by atoms with E-state index < -0.39 is 16.1 Å². The van der Waals surface area contributed by atoms with Gasteiger partial charge in [0.15, 0.2) is 0 Å². The van der Waals surface area contributed by atoms with Crippen LogP contribution in [0, 0.1) is 0 Å². The Kier molecular flexibility index (Phi) is 6.59. The summed E-state index contributed by atoms with van der Waals surface area (Å²) in [7, 11) is -2.19. The van der Waals surface area contributed by atoms with Gasteiger partial charge in [-0.25, -0.2) is 8.42 Å². The predicted octanol–water partition coefficient (Wildman–Crippen LogP) is 2.82. The fourth-order valence-corrected chi connectivity index (χ4v) is 5.43. The number of benzene rings is 1. The molecule has 29 heavy (non-hydrogen) atoms. The zero-order valence-electron chi connectivity index (χ0n) is 17.1. The molecule has 1 N–H and O–H groups in total. The molecule has 0 radical (unpaired) electrons. The first-order valence-electron chi connectivity index (χ1n) is 9.92. The Labute approximate surface area is 171 Å². The SMILES string of the molecule is CCN(CC)C(=O)c1cn[nH]c1C1CCCCN1S(=O)(=O)c1ccc(OC)cc1. The number of nitrogens with one attached hydrogen (secondary N) is 1. The van der Waals surface area contributed by atoms with E-state index in [1.54, 1.807) is 29.2 Å². The monoisotopic (exact) mass is 420 g/mol. The summed E-state index contributed by atoms with van der Waals surface area (Å²) in [5.41, 5.74) is 1.01. The van der Waals surface area contributed by atoms with Gasteiger partial charge in [0.05, 0.1) is 35.5 Å². The highest BCUT2D eigenvalue weighted by molar-refractivity contribution is 7.89. The van der Waals surface area contributed by atoms with E-state index >= 15 is 0 Å². The second-order valence-corrected chi connectivity index (χ2v) is 8.87. The lowest BCUT2D eigenvalue weighted by molar-refractivity contribution is 0.0769. The van der Waals surface area contributed by atoms with Gasteiger partial charge in [-0.2, -0.15) is 9.40 Å². The van der Waals surface area contributed by atoms with Crippen molar-refractivity contribution in [1.29, 1.82) is 0 Å². The van der Waals surface area contributed by atoms with Crippen molar-refractivity contribution in [2.24, 2.45) is 0 Å². The third-order valence-corrected chi connectivity index (χ3v) is 7.33. The molecule has 0 aliphatic carbocycles. The van der Waals surface area contributed by atoms with Crippen molar-refractivity contribution < 1.29 is 17.9 Å². The number of carbonyl (C=O) groups is 1. The molecule has 1 aliphatic rings. The summed E-state index contributed by atoms with van der Waals surface area (Å²) >= 11 is 0. The Balaban J connectivity index is 1.97. The molecule has 0 saturated carbocycles. The molecule has 2 heterocycles. The Morgan fingerprint density at radius 3 is 2.55 bits per heavy atom. The molecule has 0 bridgehead atoms. The topological polar surface area (TPSA) is 95.6 Å². The number of piperidine rings is 1. The average Bonchev–Trinajstić information content (AvgIpc) is 3.24. The fourth-order valence-electron chi connectivity index (χ4n) is 3.77. The summed E-state index contributed by atoms with van der Waals surface area (Å²) in [5.74, 6) is 0.464. The number of aromatic amines is 1. The van der Waals surface area contributed by atoms with Crippen LogP contribution in [0.15, 0.2) is 35.4 Å². The molecule has 2 aromatic rings. The van der Waals surface area contributed by atoms with Crippen molar-refractivity contribution in [1.82, 2.24) is 19.4 Å². The maximum Gasteiger partial charge on any atom is 0.257 e. The maximum absolute atomic E-state index is 13.4. The van der Waals surface area contributed by atoms with Gasteiger partial charge >= 0.3 is 0 Å². The first kappa shape index (κ1) is 21.3. The number of sulfonamides is 1. The van der Waals surface area contributed by atoms with Crippen molar-refractivity contribution >= 4 is 15.9 Å². The van der Waals surface area contributed by atoms with E-state index in [0.29, 0.717) is 43.1 Å². The zero-order valence-corrected chi connectivity index (χ0v) is 17.9. The van der Waals surface area contributed by atoms with Gasteiger partial charge in [-0.3, -0.25) is 9.89 Å². The molecule has 0 spiro atoms. The molecule has 1 atom stereocenters. The predicted molar refractivity (Wildman–Crippen MR) is 109 cm³/mol. The van der Waals surface area contributed by atoms with Crippen molar-refractivity contribution in [3.05, 3.63) is 41.7 Å². The molecule has 1 unspecified atom stereocenters. The number of hydrogen-bond donors (Lipinski definition) is 1. The first-order valence-corrected chi connectivity index (χ1v) is 11.4. The van der Waals surface area contributed by atoms with E-state index in [9.17, 15) is 13.2 Å². The molecular formula is C20H28N4O4S. The van der Waals surface area contributed by atoms with E-state index in [2.05, 4.69) is 10.2 Å². The van der Waals surface area contributed by atoms with E-state index in [4.69, 9.17) is 4.74 Å². The average molecular weight is 421 g/mol. The molecule has 3 rings (SSSR count). The highest BCUT2D eigenvalue weighted by Gasteiger charge is 2.37. The molecule has 1 amide bonds. The van der Waals surface area contributed by atoms with Gasteiger partial charge in [0, 0.05) is 19.6 Å². The molecule has 9 heteroatoms. The lowest BCUT2D eigenvalue weighted by atomic mass is 9.99. The third kappa shape index (κ3) is 4.16. The van der Waals surface area contributed by atoms with Gasteiger partial charge in [-0.1, -0.05) is 6.42 Å². The van der Waals surface area contributed by atoms with Crippen molar-refractivity contribution in [2.45, 2.75) is 44.0 Å². The van der Waals surface area contributed by atoms with Gasteiger partial charge in [0.25, 0.3) is 5.91 Å². The number of aromatic nitrogens is 2. The highest BCUT2D eigenvalue weighted by Crippen LogP contribution is 2.36. The van der Waals surface area contributed by atoms with Gasteiger partial charge in [-0.05, 0) is 51.0 Å². The summed E-state index contributed by atoms with van der Waals surface area (Å²) in [6.07, 6.45) is 3.80. The van der Waals surface area contributed by atoms with Crippen LogP contribution in [-0.2, 0) is 10.0 Å². The van der Waals surface area contributed by atoms with E-state index in [0.717, 1.165) is 12.8 Å². The van der Waals surface area contributed by atoms with Crippen LogP contribution in [0.1, 0.15) is 55.2 Å². The second kappa shape index (κ2) is 8.96. The lowest BCUT2D eigenvalue weighted by Crippen LogP contribution is -2.40. The minimum Gasteiger partial charge on any atom is -0.497 e. The number of methoxy groups -OCH3 is 1. The molecule has 8 nitrogen and oxygen atoms in total. The van der Waals surface area contributed by atoms with Crippen molar-refractivity contribution in [3.8, 4) is 5.75 Å². The van der Waals surface area contributed by atoms with Crippen LogP contribution in [0.4, 0.5) is 0 Å². The summed E-state index contributed by atoms with van der Waals surface area (Å²) in [6.45, 7) is 5.40. The highest BCUT2D eigenvalue weighted by atomic mass is 32.2. The van der Waals surface area contributed by atoms with Crippen LogP contribution < -0.4 is 4.74 Å². The maximum atomic E-state index is 13.4. The molecule has 158 valence electrons. The molecule has 1 aromatic heterocycles. The van der Waals surface area contributed by atoms with Crippen LogP contribution in [-0.4, -0.2) is 60.5 Å². The third-order valence-electron chi connectivity index (χ3n) is 5.40. The summed E-state index contributed by atoms with van der Waals surface area (Å²) in [5, 5.41) is 6.98. The van der Waals surface area contributed by atoms with Crippen LogP contribution in [0.25, 0.3) is 0 Å². The second-order valence-electron chi connectivity index (χ2n) is 6.98. The number of carbonyl (C=O) groups excluding carboxylic acids is 1. The summed E-state index contributed by atoms with van der Waals surface area (Å²) in [6, 6.07) is 5.92. The number of hydrogen-bond acceptors (Lipinski definition) is 5. The molecule has 1 saturated heterocycles. The van der Waals surface area contributed by atoms with Gasteiger partial charge < -0.3 is 9.64 Å². The number of rotatable bonds is 7. The molecule has 1 aliphatic heterocycles. The quantitative estimate of drug-likeness (QED) is 0.743. The van der Waals surface area contributed by atoms with E-state index in [-0.39, 0.29) is 10.8 Å². The Morgan fingerprint density at radius 2 is 1.93 bits per heavy atom. The van der Waals surface area contributed by atoms with Crippen LogP contribution in [0.3, 0.4) is 0 Å². The fraction of sp³-hybridized carbons (Fsp3) is 0.500. The molecule has 1 aromatic carbocycles. The Morgan fingerprint density at radius 1 is 1.24 bits per heavy atom. The van der Waals surface area contributed by atoms with Crippen molar-refractivity contribution in [2.75, 3.05) is 26.7 Å². The number of ether oxygens (including phenoxy) is 1. The minimum absolute atomic E-state index is 0.133. The minimum atomic E-state index is -3.73.